The van der Waals surface area contributed by atoms with Crippen molar-refractivity contribution in [3.63, 3.8) is 0 Å². The molecule has 2 fully saturated rings. The van der Waals surface area contributed by atoms with Gasteiger partial charge in [-0.3, -0.25) is 14.8 Å². The van der Waals surface area contributed by atoms with Gasteiger partial charge in [0.2, 0.25) is 0 Å². The third-order valence-electron chi connectivity index (χ3n) is 6.21. The Morgan fingerprint density at radius 3 is 2.76 bits per heavy atom. The number of rotatable bonds is 7. The van der Waals surface area contributed by atoms with Gasteiger partial charge in [-0.25, -0.2) is 0 Å². The number of hydrogen-bond acceptors (Lipinski definition) is 5. The molecule has 2 saturated carbocycles. The molecular formula is C24H30N2O3. The van der Waals surface area contributed by atoms with Crippen LogP contribution >= 0.6 is 0 Å². The minimum atomic E-state index is -0.112. The molecule has 0 radical (unpaired) electrons. The molecule has 2 aliphatic rings. The summed E-state index contributed by atoms with van der Waals surface area (Å²) in [6, 6.07) is 6.09. The summed E-state index contributed by atoms with van der Waals surface area (Å²) in [4.78, 5) is 20.8. The molecule has 2 aliphatic carbocycles. The largest absolute Gasteiger partial charge is 0.492 e. The molecule has 0 aromatic carbocycles. The first-order valence-electron chi connectivity index (χ1n) is 10.8. The van der Waals surface area contributed by atoms with E-state index in [1.807, 2.05) is 31.5 Å². The molecule has 0 aliphatic heterocycles. The van der Waals surface area contributed by atoms with Crippen LogP contribution < -0.4 is 4.74 Å². The Kier molecular flexibility index (Phi) is 6.12. The van der Waals surface area contributed by atoms with E-state index < -0.39 is 0 Å². The summed E-state index contributed by atoms with van der Waals surface area (Å²) < 4.78 is 11.2. The van der Waals surface area contributed by atoms with E-state index >= 15 is 0 Å². The molecule has 2 aromatic rings. The molecular weight excluding hydrogens is 364 g/mol. The first-order valence-corrected chi connectivity index (χ1v) is 10.8. The van der Waals surface area contributed by atoms with Crippen LogP contribution in [0.25, 0.3) is 11.1 Å². The quantitative estimate of drug-likeness (QED) is 0.618. The van der Waals surface area contributed by atoms with Crippen LogP contribution in [0.1, 0.15) is 57.6 Å². The molecule has 0 saturated heterocycles. The standard InChI is InChI=1S/C24H30N2O3/c1-3-28-24(27)22-12-21(22)23-11-18(8-9-26-23)19-10-20(14-25-13-19)29-15-17-6-4-16(2)5-7-17/h8-11,13-14,16-17,21-22H,3-7,12,15H2,1-2H3. The molecule has 29 heavy (non-hydrogen) atoms. The average Bonchev–Trinajstić information content (AvgIpc) is 3.55. The van der Waals surface area contributed by atoms with E-state index in [2.05, 4.69) is 23.0 Å². The maximum Gasteiger partial charge on any atom is 0.309 e. The summed E-state index contributed by atoms with van der Waals surface area (Å²) in [5.74, 6) is 2.32. The van der Waals surface area contributed by atoms with E-state index in [-0.39, 0.29) is 17.8 Å². The molecule has 0 bridgehead atoms. The zero-order valence-electron chi connectivity index (χ0n) is 17.3. The van der Waals surface area contributed by atoms with Crippen molar-refractivity contribution in [2.45, 2.75) is 51.9 Å². The molecule has 5 heteroatoms. The van der Waals surface area contributed by atoms with Gasteiger partial charge in [0.15, 0.2) is 0 Å². The van der Waals surface area contributed by atoms with Crippen molar-refractivity contribution < 1.29 is 14.3 Å². The number of ether oxygens (including phenoxy) is 2. The van der Waals surface area contributed by atoms with Crippen LogP contribution in [0.3, 0.4) is 0 Å². The Labute approximate surface area is 172 Å². The lowest BCUT2D eigenvalue weighted by atomic mass is 9.83. The van der Waals surface area contributed by atoms with Gasteiger partial charge in [0, 0.05) is 29.6 Å². The maximum atomic E-state index is 11.9. The summed E-state index contributed by atoms with van der Waals surface area (Å²) in [7, 11) is 0. The van der Waals surface area contributed by atoms with Crippen LogP contribution in [0.4, 0.5) is 0 Å². The molecule has 0 spiro atoms. The SMILES string of the molecule is CCOC(=O)C1CC1c1cc(-c2cncc(OCC3CCC(C)CC3)c2)ccn1. The van der Waals surface area contributed by atoms with Crippen LogP contribution in [0.15, 0.2) is 36.8 Å². The molecule has 2 atom stereocenters. The first kappa shape index (κ1) is 19.9. The van der Waals surface area contributed by atoms with Crippen molar-refractivity contribution in [2.24, 2.45) is 17.8 Å². The van der Waals surface area contributed by atoms with Crippen LogP contribution in [-0.2, 0) is 9.53 Å². The monoisotopic (exact) mass is 394 g/mol. The predicted octanol–water partition coefficient (Wildman–Crippen LogP) is 5.02. The summed E-state index contributed by atoms with van der Waals surface area (Å²) in [5.41, 5.74) is 3.01. The summed E-state index contributed by atoms with van der Waals surface area (Å²) in [6.45, 7) is 5.37. The normalized spacial score (nSPS) is 26.0. The van der Waals surface area contributed by atoms with Crippen molar-refractivity contribution in [3.05, 3.63) is 42.5 Å². The highest BCUT2D eigenvalue weighted by Crippen LogP contribution is 2.48. The molecule has 0 amide bonds. The van der Waals surface area contributed by atoms with Crippen molar-refractivity contribution in [3.8, 4) is 16.9 Å². The van der Waals surface area contributed by atoms with Crippen molar-refractivity contribution in [2.75, 3.05) is 13.2 Å². The fraction of sp³-hybridized carbons (Fsp3) is 0.542. The fourth-order valence-electron chi connectivity index (χ4n) is 4.23. The second-order valence-electron chi connectivity index (χ2n) is 8.52. The summed E-state index contributed by atoms with van der Waals surface area (Å²) >= 11 is 0. The smallest absolute Gasteiger partial charge is 0.309 e. The maximum absolute atomic E-state index is 11.9. The van der Waals surface area contributed by atoms with Gasteiger partial charge in [-0.15, -0.1) is 0 Å². The van der Waals surface area contributed by atoms with Gasteiger partial charge in [-0.1, -0.05) is 19.8 Å². The Hall–Kier alpha value is -2.43. The van der Waals surface area contributed by atoms with E-state index in [9.17, 15) is 4.79 Å². The first-order chi connectivity index (χ1) is 14.1. The van der Waals surface area contributed by atoms with Crippen LogP contribution in [0.2, 0.25) is 0 Å². The van der Waals surface area contributed by atoms with Gasteiger partial charge in [0.05, 0.1) is 25.3 Å². The zero-order chi connectivity index (χ0) is 20.2. The van der Waals surface area contributed by atoms with Gasteiger partial charge in [-0.05, 0) is 61.8 Å². The van der Waals surface area contributed by atoms with E-state index in [4.69, 9.17) is 9.47 Å². The van der Waals surface area contributed by atoms with Gasteiger partial charge in [-0.2, -0.15) is 0 Å². The summed E-state index contributed by atoms with van der Waals surface area (Å²) in [6.07, 6.45) is 11.4. The third-order valence-corrected chi connectivity index (χ3v) is 6.21. The molecule has 2 unspecified atom stereocenters. The third kappa shape index (κ3) is 4.95. The van der Waals surface area contributed by atoms with Gasteiger partial charge >= 0.3 is 5.97 Å². The number of carbonyl (C=O) groups is 1. The highest BCUT2D eigenvalue weighted by atomic mass is 16.5. The fourth-order valence-corrected chi connectivity index (χ4v) is 4.23. The Bertz CT molecular complexity index is 846. The number of pyridine rings is 2. The lowest BCUT2D eigenvalue weighted by molar-refractivity contribution is -0.144. The highest BCUT2D eigenvalue weighted by Gasteiger charge is 2.46. The molecule has 5 nitrogen and oxygen atoms in total. The van der Waals surface area contributed by atoms with Crippen LogP contribution in [0.5, 0.6) is 5.75 Å². The molecule has 2 aromatic heterocycles. The predicted molar refractivity (Wildman–Crippen MR) is 112 cm³/mol. The van der Waals surface area contributed by atoms with Crippen LogP contribution in [0, 0.1) is 17.8 Å². The van der Waals surface area contributed by atoms with Crippen molar-refractivity contribution in [1.29, 1.82) is 0 Å². The Balaban J connectivity index is 1.40. The minimum absolute atomic E-state index is 0.0521. The molecule has 2 heterocycles. The summed E-state index contributed by atoms with van der Waals surface area (Å²) in [5, 5.41) is 0. The van der Waals surface area contributed by atoms with Crippen molar-refractivity contribution in [1.82, 2.24) is 9.97 Å². The Morgan fingerprint density at radius 2 is 1.97 bits per heavy atom. The van der Waals surface area contributed by atoms with Gasteiger partial charge in [0.25, 0.3) is 0 Å². The molecule has 154 valence electrons. The van der Waals surface area contributed by atoms with Gasteiger partial charge in [0.1, 0.15) is 5.75 Å². The number of hydrogen-bond donors (Lipinski definition) is 0. The van der Waals surface area contributed by atoms with Crippen LogP contribution in [-0.4, -0.2) is 29.2 Å². The minimum Gasteiger partial charge on any atom is -0.492 e. The lowest BCUT2D eigenvalue weighted by Gasteiger charge is -2.26. The molecule has 4 rings (SSSR count). The van der Waals surface area contributed by atoms with E-state index in [0.29, 0.717) is 12.5 Å². The number of esters is 1. The average molecular weight is 395 g/mol. The highest BCUT2D eigenvalue weighted by molar-refractivity contribution is 5.77. The number of carbonyl (C=O) groups excluding carboxylic acids is 1. The topological polar surface area (TPSA) is 61.3 Å². The van der Waals surface area contributed by atoms with E-state index in [0.717, 1.165) is 41.5 Å². The number of nitrogens with zero attached hydrogens (tertiary/aromatic N) is 2. The van der Waals surface area contributed by atoms with E-state index in [1.54, 1.807) is 6.20 Å². The number of aromatic nitrogens is 2. The second kappa shape index (κ2) is 8.93. The lowest BCUT2D eigenvalue weighted by Crippen LogP contribution is -2.18. The molecule has 0 N–H and O–H groups in total. The van der Waals surface area contributed by atoms with Gasteiger partial charge < -0.3 is 9.47 Å². The van der Waals surface area contributed by atoms with E-state index in [1.165, 1.54) is 25.7 Å². The second-order valence-corrected chi connectivity index (χ2v) is 8.52. The Morgan fingerprint density at radius 1 is 1.14 bits per heavy atom. The van der Waals surface area contributed by atoms with Crippen molar-refractivity contribution >= 4 is 5.97 Å². The zero-order valence-corrected chi connectivity index (χ0v) is 17.3.